The van der Waals surface area contributed by atoms with E-state index >= 15 is 0 Å². The lowest BCUT2D eigenvalue weighted by Crippen LogP contribution is -2.29. The smallest absolute Gasteiger partial charge is 0.243 e. The number of nitrogens with one attached hydrogen (secondary N) is 2. The zero-order valence-corrected chi connectivity index (χ0v) is 13.0. The van der Waals surface area contributed by atoms with Crippen molar-refractivity contribution in [3.8, 4) is 0 Å². The van der Waals surface area contributed by atoms with Gasteiger partial charge in [-0.05, 0) is 30.0 Å². The van der Waals surface area contributed by atoms with E-state index in [0.29, 0.717) is 16.8 Å². The predicted octanol–water partition coefficient (Wildman–Crippen LogP) is 3.65. The first-order chi connectivity index (χ1) is 9.54. The number of hydrogen-bond donors (Lipinski definition) is 2. The van der Waals surface area contributed by atoms with Crippen molar-refractivity contribution in [2.24, 2.45) is 0 Å². The van der Waals surface area contributed by atoms with Crippen molar-refractivity contribution in [1.82, 2.24) is 0 Å². The van der Waals surface area contributed by atoms with Gasteiger partial charge in [0.2, 0.25) is 5.91 Å². The number of carbonyl (C=O) groups excluding carboxylic acids is 1. The maximum absolute atomic E-state index is 12.0. The van der Waals surface area contributed by atoms with Gasteiger partial charge in [-0.15, -0.1) is 0 Å². The molecule has 1 aliphatic rings. The number of hydrogen-bond acceptors (Lipinski definition) is 4. The van der Waals surface area contributed by atoms with Crippen molar-refractivity contribution >= 4 is 34.2 Å². The second-order valence-electron chi connectivity index (χ2n) is 5.18. The normalized spacial score (nSPS) is 15.3. The van der Waals surface area contributed by atoms with Crippen LogP contribution in [0.1, 0.15) is 38.7 Å². The summed E-state index contributed by atoms with van der Waals surface area (Å²) in [6.45, 7) is 7.23. The molecule has 0 radical (unpaired) electrons. The maximum atomic E-state index is 12.0. The zero-order chi connectivity index (χ0) is 14.7. The molecule has 1 aromatic carbocycles. The summed E-state index contributed by atoms with van der Waals surface area (Å²) >= 11 is 1.29. The summed E-state index contributed by atoms with van der Waals surface area (Å²) in [6.07, 6.45) is 1.05. The third kappa shape index (κ3) is 2.98. The minimum Gasteiger partial charge on any atom is -0.385 e. The van der Waals surface area contributed by atoms with Crippen LogP contribution in [0.15, 0.2) is 18.2 Å². The van der Waals surface area contributed by atoms with Gasteiger partial charge in [0.05, 0.1) is 11.4 Å². The van der Waals surface area contributed by atoms with Crippen LogP contribution in [0, 0.1) is 5.41 Å². The molecule has 2 N–H and O–H groups in total. The van der Waals surface area contributed by atoms with E-state index in [2.05, 4.69) is 32.2 Å². The fourth-order valence-corrected chi connectivity index (χ4v) is 2.94. The summed E-state index contributed by atoms with van der Waals surface area (Å²) in [5.41, 5.74) is 2.96. The molecule has 0 spiro atoms. The Kier molecular flexibility index (Phi) is 4.70. The van der Waals surface area contributed by atoms with Crippen molar-refractivity contribution in [1.29, 1.82) is 5.41 Å². The highest BCUT2D eigenvalue weighted by molar-refractivity contribution is 8.15. The van der Waals surface area contributed by atoms with Crippen LogP contribution in [0.2, 0.25) is 0 Å². The van der Waals surface area contributed by atoms with Gasteiger partial charge in [0.25, 0.3) is 0 Å². The van der Waals surface area contributed by atoms with Crippen LogP contribution in [0.3, 0.4) is 0 Å². The van der Waals surface area contributed by atoms with Crippen LogP contribution < -0.4 is 10.2 Å². The summed E-state index contributed by atoms with van der Waals surface area (Å²) < 4.78 is 0. The van der Waals surface area contributed by atoms with E-state index in [4.69, 9.17) is 5.41 Å². The molecule has 108 valence electrons. The highest BCUT2D eigenvalue weighted by Crippen LogP contribution is 2.34. The highest BCUT2D eigenvalue weighted by Gasteiger charge is 2.30. The molecule has 1 saturated heterocycles. The lowest BCUT2D eigenvalue weighted by atomic mass is 9.99. The molecule has 0 unspecified atom stereocenters. The van der Waals surface area contributed by atoms with Crippen molar-refractivity contribution in [3.05, 3.63) is 23.8 Å². The first-order valence-corrected chi connectivity index (χ1v) is 7.95. The summed E-state index contributed by atoms with van der Waals surface area (Å²) in [4.78, 5) is 13.6. The molecule has 1 amide bonds. The molecule has 2 rings (SSSR count). The number of amides is 1. The number of carbonyl (C=O) groups is 1. The van der Waals surface area contributed by atoms with Gasteiger partial charge in [-0.2, -0.15) is 0 Å². The molecule has 0 aliphatic carbocycles. The average molecular weight is 291 g/mol. The average Bonchev–Trinajstić information content (AvgIpc) is 2.75. The molecule has 1 heterocycles. The lowest BCUT2D eigenvalue weighted by molar-refractivity contribution is -0.115. The molecule has 4 nitrogen and oxygen atoms in total. The van der Waals surface area contributed by atoms with E-state index in [1.54, 1.807) is 0 Å². The first-order valence-electron chi connectivity index (χ1n) is 6.96. The Labute approximate surface area is 124 Å². The first kappa shape index (κ1) is 14.9. The van der Waals surface area contributed by atoms with Gasteiger partial charge in [-0.1, -0.05) is 38.6 Å². The quantitative estimate of drug-likeness (QED) is 0.870. The highest BCUT2D eigenvalue weighted by atomic mass is 32.2. The summed E-state index contributed by atoms with van der Waals surface area (Å²) in [5, 5.41) is 11.6. The Morgan fingerprint density at radius 3 is 2.75 bits per heavy atom. The van der Waals surface area contributed by atoms with E-state index in [-0.39, 0.29) is 5.91 Å². The molecule has 0 bridgehead atoms. The van der Waals surface area contributed by atoms with Crippen molar-refractivity contribution in [2.75, 3.05) is 22.5 Å². The molecular weight excluding hydrogens is 270 g/mol. The van der Waals surface area contributed by atoms with Crippen molar-refractivity contribution in [3.63, 3.8) is 0 Å². The third-order valence-corrected chi connectivity index (χ3v) is 4.10. The van der Waals surface area contributed by atoms with Gasteiger partial charge in [0, 0.05) is 12.2 Å². The molecule has 5 heteroatoms. The Hall–Kier alpha value is -1.49. The van der Waals surface area contributed by atoms with Crippen LogP contribution in [0.4, 0.5) is 11.4 Å². The molecule has 1 aliphatic heterocycles. The minimum absolute atomic E-state index is 0.00505. The summed E-state index contributed by atoms with van der Waals surface area (Å²) in [7, 11) is 0. The number of nitrogens with zero attached hydrogens (tertiary/aromatic N) is 1. The Morgan fingerprint density at radius 2 is 2.20 bits per heavy atom. The van der Waals surface area contributed by atoms with Crippen LogP contribution in [-0.4, -0.2) is 23.4 Å². The summed E-state index contributed by atoms with van der Waals surface area (Å²) in [6, 6.07) is 6.09. The Morgan fingerprint density at radius 1 is 1.45 bits per heavy atom. The van der Waals surface area contributed by atoms with E-state index in [1.165, 1.54) is 16.7 Å². The van der Waals surface area contributed by atoms with E-state index in [0.717, 1.165) is 29.9 Å². The lowest BCUT2D eigenvalue weighted by Gasteiger charge is -2.22. The van der Waals surface area contributed by atoms with Crippen LogP contribution >= 0.6 is 11.8 Å². The third-order valence-electron chi connectivity index (χ3n) is 3.26. The number of thioether (sulfide) groups is 1. The fraction of sp³-hybridized carbons (Fsp3) is 0.467. The van der Waals surface area contributed by atoms with Crippen LogP contribution in [0.25, 0.3) is 0 Å². The molecule has 20 heavy (non-hydrogen) atoms. The molecule has 0 atom stereocenters. The van der Waals surface area contributed by atoms with Gasteiger partial charge < -0.3 is 5.32 Å². The van der Waals surface area contributed by atoms with Crippen molar-refractivity contribution in [2.45, 2.75) is 33.1 Å². The monoisotopic (exact) mass is 291 g/mol. The van der Waals surface area contributed by atoms with Gasteiger partial charge in [-0.3, -0.25) is 15.1 Å². The summed E-state index contributed by atoms with van der Waals surface area (Å²) in [5.74, 6) is 0.675. The molecule has 0 aromatic heterocycles. The second-order valence-corrected chi connectivity index (χ2v) is 6.14. The van der Waals surface area contributed by atoms with Gasteiger partial charge in [0.1, 0.15) is 0 Å². The maximum Gasteiger partial charge on any atom is 0.243 e. The number of rotatable bonds is 5. The topological polar surface area (TPSA) is 56.2 Å². The van der Waals surface area contributed by atoms with Gasteiger partial charge in [0.15, 0.2) is 5.17 Å². The molecule has 1 aromatic rings. The SMILES string of the molecule is CCCNc1ccc(C(C)C)c(N2C(=N)SCC2=O)c1. The van der Waals surface area contributed by atoms with E-state index in [1.807, 2.05) is 12.1 Å². The Bertz CT molecular complexity index is 512. The van der Waals surface area contributed by atoms with Crippen molar-refractivity contribution < 1.29 is 4.79 Å². The van der Waals surface area contributed by atoms with Crippen LogP contribution in [-0.2, 0) is 4.79 Å². The molecule has 0 saturated carbocycles. The predicted molar refractivity (Wildman–Crippen MR) is 87.0 cm³/mol. The number of benzene rings is 1. The molecule has 1 fully saturated rings. The molecular formula is C15H21N3OS. The standard InChI is InChI=1S/C15H21N3OS/c1-4-7-17-11-5-6-12(10(2)3)13(8-11)18-14(19)9-20-15(18)16/h5-6,8,10,16-17H,4,7,9H2,1-3H3. The Balaban J connectivity index is 2.41. The number of amidine groups is 1. The zero-order valence-electron chi connectivity index (χ0n) is 12.2. The van der Waals surface area contributed by atoms with E-state index < -0.39 is 0 Å². The largest absolute Gasteiger partial charge is 0.385 e. The van der Waals surface area contributed by atoms with Gasteiger partial charge in [-0.25, -0.2) is 0 Å². The van der Waals surface area contributed by atoms with Crippen LogP contribution in [0.5, 0.6) is 0 Å². The fourth-order valence-electron chi connectivity index (χ4n) is 2.22. The van der Waals surface area contributed by atoms with Gasteiger partial charge >= 0.3 is 0 Å². The number of anilines is 2. The second kappa shape index (κ2) is 6.31. The minimum atomic E-state index is -0.00505. The van der Waals surface area contributed by atoms with E-state index in [9.17, 15) is 4.79 Å².